The minimum Gasteiger partial charge on any atom is -0.443 e. The van der Waals surface area contributed by atoms with Crippen molar-refractivity contribution in [3.8, 4) is 12.3 Å². The van der Waals surface area contributed by atoms with Crippen molar-refractivity contribution in [2.45, 2.75) is 39.2 Å². The van der Waals surface area contributed by atoms with Crippen LogP contribution in [-0.2, 0) is 4.74 Å². The zero-order valence-corrected chi connectivity index (χ0v) is 19.4. The SMILES string of the molecule is C#CCN(NC(=O)OC(C)(C)C)C(=O)c1c(C(=O)N2CCCC2)[nH]c2cc(Cl)ccc2c1=O. The Morgan fingerprint density at radius 3 is 2.55 bits per heavy atom. The predicted molar refractivity (Wildman–Crippen MR) is 124 cm³/mol. The summed E-state index contributed by atoms with van der Waals surface area (Å²) >= 11 is 6.06. The minimum absolute atomic E-state index is 0.165. The second kappa shape index (κ2) is 9.55. The van der Waals surface area contributed by atoms with Gasteiger partial charge in [-0.25, -0.2) is 15.2 Å². The van der Waals surface area contributed by atoms with Gasteiger partial charge in [-0.1, -0.05) is 17.5 Å². The number of nitrogens with zero attached hydrogens (tertiary/aromatic N) is 2. The van der Waals surface area contributed by atoms with Crippen molar-refractivity contribution >= 4 is 40.4 Å². The van der Waals surface area contributed by atoms with E-state index in [2.05, 4.69) is 16.3 Å². The van der Waals surface area contributed by atoms with E-state index in [1.165, 1.54) is 18.2 Å². The van der Waals surface area contributed by atoms with Crippen LogP contribution < -0.4 is 10.9 Å². The molecule has 0 radical (unpaired) electrons. The maximum Gasteiger partial charge on any atom is 0.426 e. The molecule has 0 unspecified atom stereocenters. The van der Waals surface area contributed by atoms with Gasteiger partial charge in [-0.3, -0.25) is 14.4 Å². The summed E-state index contributed by atoms with van der Waals surface area (Å²) in [6, 6.07) is 4.48. The molecule has 0 spiro atoms. The summed E-state index contributed by atoms with van der Waals surface area (Å²) in [5, 5.41) is 1.30. The van der Waals surface area contributed by atoms with Crippen molar-refractivity contribution in [2.75, 3.05) is 19.6 Å². The lowest BCUT2D eigenvalue weighted by Crippen LogP contribution is -2.50. The fraction of sp³-hybridized carbons (Fsp3) is 0.391. The minimum atomic E-state index is -0.931. The van der Waals surface area contributed by atoms with Gasteiger partial charge in [0, 0.05) is 23.5 Å². The first-order valence-electron chi connectivity index (χ1n) is 10.4. The molecule has 0 atom stereocenters. The smallest absolute Gasteiger partial charge is 0.426 e. The number of aromatic amines is 1. The van der Waals surface area contributed by atoms with Gasteiger partial charge in [-0.2, -0.15) is 0 Å². The van der Waals surface area contributed by atoms with E-state index in [1.54, 1.807) is 25.7 Å². The third kappa shape index (κ3) is 5.46. The number of carbonyl (C=O) groups is 3. The van der Waals surface area contributed by atoms with Crippen molar-refractivity contribution in [3.05, 3.63) is 44.7 Å². The first-order chi connectivity index (χ1) is 15.5. The molecule has 2 heterocycles. The van der Waals surface area contributed by atoms with Crippen LogP contribution in [0.25, 0.3) is 10.9 Å². The summed E-state index contributed by atoms with van der Waals surface area (Å²) in [6.07, 6.45) is 6.09. The third-order valence-corrected chi connectivity index (χ3v) is 5.14. The number of rotatable bonds is 3. The number of fused-ring (bicyclic) bond motifs is 1. The maximum atomic E-state index is 13.5. The normalized spacial score (nSPS) is 13.5. The van der Waals surface area contributed by atoms with E-state index in [9.17, 15) is 19.2 Å². The van der Waals surface area contributed by atoms with E-state index in [1.807, 2.05) is 0 Å². The molecule has 1 fully saturated rings. The van der Waals surface area contributed by atoms with Crippen LogP contribution in [0.5, 0.6) is 0 Å². The third-order valence-electron chi connectivity index (χ3n) is 4.90. The van der Waals surface area contributed by atoms with Crippen molar-refractivity contribution in [3.63, 3.8) is 0 Å². The van der Waals surface area contributed by atoms with Gasteiger partial charge in [0.25, 0.3) is 11.8 Å². The molecule has 1 aromatic carbocycles. The fourth-order valence-electron chi connectivity index (χ4n) is 3.51. The van der Waals surface area contributed by atoms with Gasteiger partial charge in [-0.05, 0) is 51.8 Å². The fourth-order valence-corrected chi connectivity index (χ4v) is 3.68. The van der Waals surface area contributed by atoms with Gasteiger partial charge in [0.2, 0.25) is 5.43 Å². The van der Waals surface area contributed by atoms with Gasteiger partial charge in [0.1, 0.15) is 23.4 Å². The molecular weight excluding hydrogens is 448 g/mol. The van der Waals surface area contributed by atoms with Crippen molar-refractivity contribution in [1.82, 2.24) is 20.3 Å². The Labute approximate surface area is 196 Å². The summed E-state index contributed by atoms with van der Waals surface area (Å²) in [6.45, 7) is 5.63. The molecule has 1 aromatic heterocycles. The number of benzene rings is 1. The van der Waals surface area contributed by atoms with Crippen LogP contribution in [0, 0.1) is 12.3 Å². The number of ether oxygens (including phenoxy) is 1. The Morgan fingerprint density at radius 1 is 1.27 bits per heavy atom. The van der Waals surface area contributed by atoms with E-state index in [4.69, 9.17) is 22.8 Å². The number of pyridine rings is 1. The number of carbonyl (C=O) groups excluding carboxylic acids is 3. The van der Waals surface area contributed by atoms with E-state index in [0.717, 1.165) is 17.9 Å². The van der Waals surface area contributed by atoms with Gasteiger partial charge < -0.3 is 14.6 Å². The summed E-state index contributed by atoms with van der Waals surface area (Å²) in [5.41, 5.74) is 0.473. The highest BCUT2D eigenvalue weighted by atomic mass is 35.5. The number of nitrogens with one attached hydrogen (secondary N) is 2. The van der Waals surface area contributed by atoms with E-state index >= 15 is 0 Å². The van der Waals surface area contributed by atoms with E-state index in [-0.39, 0.29) is 17.6 Å². The van der Waals surface area contributed by atoms with Gasteiger partial charge in [0.05, 0.1) is 5.52 Å². The molecule has 2 N–H and O–H groups in total. The average molecular weight is 473 g/mol. The largest absolute Gasteiger partial charge is 0.443 e. The lowest BCUT2D eigenvalue weighted by atomic mass is 10.1. The number of hydrogen-bond acceptors (Lipinski definition) is 5. The van der Waals surface area contributed by atoms with Crippen LogP contribution in [-0.4, -0.2) is 58.0 Å². The summed E-state index contributed by atoms with van der Waals surface area (Å²) in [7, 11) is 0. The first-order valence-corrected chi connectivity index (χ1v) is 10.8. The number of hydrazine groups is 1. The molecule has 3 rings (SSSR count). The highest BCUT2D eigenvalue weighted by molar-refractivity contribution is 6.31. The van der Waals surface area contributed by atoms with Crippen molar-refractivity contribution < 1.29 is 19.1 Å². The second-order valence-electron chi connectivity index (χ2n) is 8.60. The number of terminal acetylenes is 1. The van der Waals surface area contributed by atoms with E-state index in [0.29, 0.717) is 23.6 Å². The van der Waals surface area contributed by atoms with Crippen molar-refractivity contribution in [1.29, 1.82) is 0 Å². The van der Waals surface area contributed by atoms with Gasteiger partial charge >= 0.3 is 6.09 Å². The second-order valence-corrected chi connectivity index (χ2v) is 9.04. The number of likely N-dealkylation sites (tertiary alicyclic amines) is 1. The summed E-state index contributed by atoms with van der Waals surface area (Å²) in [4.78, 5) is 56.8. The predicted octanol–water partition coefficient (Wildman–Crippen LogP) is 2.93. The molecule has 10 heteroatoms. The molecular formula is C23H25ClN4O5. The molecule has 33 heavy (non-hydrogen) atoms. The monoisotopic (exact) mass is 472 g/mol. The number of H-pyrrole nitrogens is 1. The Hall–Kier alpha value is -3.51. The zero-order chi connectivity index (χ0) is 24.3. The maximum absolute atomic E-state index is 13.5. The highest BCUT2D eigenvalue weighted by Gasteiger charge is 2.32. The van der Waals surface area contributed by atoms with Crippen LogP contribution in [0.3, 0.4) is 0 Å². The number of aromatic nitrogens is 1. The van der Waals surface area contributed by atoms with Crippen LogP contribution >= 0.6 is 11.6 Å². The van der Waals surface area contributed by atoms with Crippen molar-refractivity contribution in [2.24, 2.45) is 0 Å². The average Bonchev–Trinajstić information content (AvgIpc) is 3.25. The summed E-state index contributed by atoms with van der Waals surface area (Å²) in [5.74, 6) is 0.840. The molecule has 0 saturated carbocycles. The standard InChI is InChI=1S/C23H25ClN4O5/c1-5-10-28(26-22(32)33-23(2,3)4)20(30)17-18(21(31)27-11-6-7-12-27)25-16-13-14(24)8-9-15(16)19(17)29/h1,8-9,13H,6-7,10-12H2,2-4H3,(H,25,29)(H,26,32). The number of hydrogen-bond donors (Lipinski definition) is 2. The zero-order valence-electron chi connectivity index (χ0n) is 18.7. The molecule has 0 bridgehead atoms. The molecule has 3 amide bonds. The summed E-state index contributed by atoms with van der Waals surface area (Å²) < 4.78 is 5.18. The molecule has 1 aliphatic heterocycles. The van der Waals surface area contributed by atoms with Gasteiger partial charge in [0.15, 0.2) is 0 Å². The first kappa shape index (κ1) is 24.1. The van der Waals surface area contributed by atoms with Gasteiger partial charge in [-0.15, -0.1) is 6.42 Å². The Morgan fingerprint density at radius 2 is 1.94 bits per heavy atom. The molecule has 2 aromatic rings. The number of amides is 3. The van der Waals surface area contributed by atoms with Crippen LogP contribution in [0.15, 0.2) is 23.0 Å². The molecule has 1 saturated heterocycles. The lowest BCUT2D eigenvalue weighted by molar-refractivity contribution is 0.0314. The van der Waals surface area contributed by atoms with E-state index < -0.39 is 34.5 Å². The Balaban J connectivity index is 2.11. The Kier molecular flexibility index (Phi) is 6.98. The topological polar surface area (TPSA) is 112 Å². The lowest BCUT2D eigenvalue weighted by Gasteiger charge is -2.25. The van der Waals surface area contributed by atoms with Crippen LogP contribution in [0.2, 0.25) is 5.02 Å². The molecule has 174 valence electrons. The Bertz CT molecular complexity index is 1200. The van der Waals surface area contributed by atoms with Crippen LogP contribution in [0.4, 0.5) is 4.79 Å². The highest BCUT2D eigenvalue weighted by Crippen LogP contribution is 2.20. The number of halogens is 1. The van der Waals surface area contributed by atoms with Crippen LogP contribution in [0.1, 0.15) is 54.5 Å². The molecule has 1 aliphatic rings. The molecule has 9 nitrogen and oxygen atoms in total. The quantitative estimate of drug-likeness (QED) is 0.527. The molecule has 0 aliphatic carbocycles.